The van der Waals surface area contributed by atoms with Crippen molar-refractivity contribution in [1.29, 1.82) is 0 Å². The van der Waals surface area contributed by atoms with Crippen LogP contribution in [0.15, 0.2) is 119 Å². The lowest BCUT2D eigenvalue weighted by atomic mass is 10.0. The van der Waals surface area contributed by atoms with Gasteiger partial charge >= 0.3 is 0 Å². The van der Waals surface area contributed by atoms with E-state index < -0.39 is 0 Å². The molecule has 0 unspecified atom stereocenters. The molecule has 0 saturated carbocycles. The normalized spacial score (nSPS) is 11.5. The lowest BCUT2D eigenvalue weighted by Gasteiger charge is -2.07. The molecule has 0 radical (unpaired) electrons. The van der Waals surface area contributed by atoms with Gasteiger partial charge in [0.1, 0.15) is 11.3 Å². The standard InChI is InChI=1S/C30H20N2O2/c33-29-24(11-6-12-26(29)21-8-2-1-3-9-21)19-31-25-15-16-28-27(18-25)32-30(34-28)23-14-13-20-7-4-5-10-22(20)17-23/h1-19,33H. The third kappa shape index (κ3) is 3.71. The second kappa shape index (κ2) is 8.34. The summed E-state index contributed by atoms with van der Waals surface area (Å²) in [6, 6.07) is 35.5. The molecule has 5 aromatic carbocycles. The number of aromatic nitrogens is 1. The summed E-state index contributed by atoms with van der Waals surface area (Å²) >= 11 is 0. The minimum absolute atomic E-state index is 0.207. The molecule has 0 amide bonds. The highest BCUT2D eigenvalue weighted by Crippen LogP contribution is 2.32. The summed E-state index contributed by atoms with van der Waals surface area (Å²) in [6.45, 7) is 0. The molecular formula is C30H20N2O2. The van der Waals surface area contributed by atoms with Gasteiger partial charge in [0, 0.05) is 22.9 Å². The van der Waals surface area contributed by atoms with E-state index in [1.807, 2.05) is 84.9 Å². The van der Waals surface area contributed by atoms with E-state index in [-0.39, 0.29) is 5.75 Å². The molecule has 1 aromatic heterocycles. The molecule has 1 heterocycles. The Hall–Kier alpha value is -4.70. The maximum absolute atomic E-state index is 10.8. The number of aromatic hydroxyl groups is 1. The number of hydrogen-bond donors (Lipinski definition) is 1. The number of para-hydroxylation sites is 1. The van der Waals surface area contributed by atoms with Gasteiger partial charge in [-0.3, -0.25) is 4.99 Å². The Bertz CT molecular complexity index is 1670. The van der Waals surface area contributed by atoms with Crippen LogP contribution in [0.1, 0.15) is 5.56 Å². The first-order chi connectivity index (χ1) is 16.7. The van der Waals surface area contributed by atoms with Crippen LogP contribution in [-0.2, 0) is 0 Å². The van der Waals surface area contributed by atoms with Crippen molar-refractivity contribution < 1.29 is 9.52 Å². The zero-order valence-corrected chi connectivity index (χ0v) is 18.2. The Morgan fingerprint density at radius 3 is 2.41 bits per heavy atom. The van der Waals surface area contributed by atoms with Crippen molar-refractivity contribution in [1.82, 2.24) is 4.98 Å². The second-order valence-corrected chi connectivity index (χ2v) is 8.10. The van der Waals surface area contributed by atoms with Crippen LogP contribution in [0.3, 0.4) is 0 Å². The van der Waals surface area contributed by atoms with Gasteiger partial charge < -0.3 is 9.52 Å². The average Bonchev–Trinajstić information content (AvgIpc) is 3.32. The number of oxazole rings is 1. The van der Waals surface area contributed by atoms with Gasteiger partial charge in [-0.1, -0.05) is 72.8 Å². The summed E-state index contributed by atoms with van der Waals surface area (Å²) in [5, 5.41) is 13.1. The van der Waals surface area contributed by atoms with Crippen LogP contribution in [0.2, 0.25) is 0 Å². The van der Waals surface area contributed by atoms with Crippen LogP contribution in [0.4, 0.5) is 5.69 Å². The first-order valence-electron chi connectivity index (χ1n) is 11.1. The van der Waals surface area contributed by atoms with E-state index in [1.54, 1.807) is 6.21 Å². The fourth-order valence-corrected chi connectivity index (χ4v) is 4.10. The lowest BCUT2D eigenvalue weighted by molar-refractivity contribution is 0.476. The van der Waals surface area contributed by atoms with Crippen LogP contribution in [-0.4, -0.2) is 16.3 Å². The third-order valence-electron chi connectivity index (χ3n) is 5.87. The smallest absolute Gasteiger partial charge is 0.227 e. The topological polar surface area (TPSA) is 58.6 Å². The molecule has 4 heteroatoms. The zero-order valence-electron chi connectivity index (χ0n) is 18.2. The number of benzene rings is 5. The number of aliphatic imine (C=N–C) groups is 1. The molecule has 162 valence electrons. The predicted octanol–water partition coefficient (Wildman–Crippen LogP) is 7.77. The van der Waals surface area contributed by atoms with E-state index in [1.165, 1.54) is 5.39 Å². The van der Waals surface area contributed by atoms with Crippen molar-refractivity contribution >= 4 is 33.8 Å². The lowest BCUT2D eigenvalue weighted by Crippen LogP contribution is -1.86. The van der Waals surface area contributed by atoms with Gasteiger partial charge in [-0.25, -0.2) is 4.98 Å². The van der Waals surface area contributed by atoms with Crippen molar-refractivity contribution in [3.05, 3.63) is 115 Å². The number of hydrogen-bond acceptors (Lipinski definition) is 4. The van der Waals surface area contributed by atoms with Gasteiger partial charge in [0.05, 0.1) is 5.69 Å². The number of nitrogens with zero attached hydrogens (tertiary/aromatic N) is 2. The van der Waals surface area contributed by atoms with Crippen LogP contribution >= 0.6 is 0 Å². The first kappa shape index (κ1) is 19.9. The quantitative estimate of drug-likeness (QED) is 0.285. The van der Waals surface area contributed by atoms with Gasteiger partial charge in [0.25, 0.3) is 0 Å². The fourth-order valence-electron chi connectivity index (χ4n) is 4.10. The van der Waals surface area contributed by atoms with Crippen LogP contribution in [0.25, 0.3) is 44.5 Å². The Morgan fingerprint density at radius 1 is 0.706 bits per heavy atom. The molecule has 6 rings (SSSR count). The molecule has 0 aliphatic rings. The molecule has 0 aliphatic carbocycles. The Morgan fingerprint density at radius 2 is 1.53 bits per heavy atom. The highest BCUT2D eigenvalue weighted by atomic mass is 16.3. The van der Waals surface area contributed by atoms with E-state index >= 15 is 0 Å². The number of phenols is 1. The fraction of sp³-hybridized carbons (Fsp3) is 0. The van der Waals surface area contributed by atoms with Gasteiger partial charge in [-0.05, 0) is 52.7 Å². The minimum Gasteiger partial charge on any atom is -0.507 e. The summed E-state index contributed by atoms with van der Waals surface area (Å²) in [5.41, 5.74) is 5.49. The van der Waals surface area contributed by atoms with Crippen LogP contribution in [0.5, 0.6) is 5.75 Å². The average molecular weight is 441 g/mol. The predicted molar refractivity (Wildman–Crippen MR) is 138 cm³/mol. The Balaban J connectivity index is 1.31. The SMILES string of the molecule is Oc1c(C=Nc2ccc3oc(-c4ccc5ccccc5c4)nc3c2)cccc1-c1ccccc1. The monoisotopic (exact) mass is 440 g/mol. The van der Waals surface area contributed by atoms with Crippen LogP contribution in [0, 0.1) is 0 Å². The molecule has 4 nitrogen and oxygen atoms in total. The maximum atomic E-state index is 10.8. The zero-order chi connectivity index (χ0) is 22.9. The van der Waals surface area contributed by atoms with E-state index in [2.05, 4.69) is 34.2 Å². The second-order valence-electron chi connectivity index (χ2n) is 8.10. The molecule has 0 aliphatic heterocycles. The molecule has 0 saturated heterocycles. The van der Waals surface area contributed by atoms with Crippen molar-refractivity contribution in [3.8, 4) is 28.3 Å². The molecule has 1 N–H and O–H groups in total. The van der Waals surface area contributed by atoms with E-state index in [4.69, 9.17) is 4.42 Å². The third-order valence-corrected chi connectivity index (χ3v) is 5.87. The molecular weight excluding hydrogens is 420 g/mol. The molecule has 6 aromatic rings. The largest absolute Gasteiger partial charge is 0.507 e. The Kier molecular flexibility index (Phi) is 4.89. The molecule has 0 spiro atoms. The van der Waals surface area contributed by atoms with Crippen LogP contribution < -0.4 is 0 Å². The summed E-state index contributed by atoms with van der Waals surface area (Å²) in [7, 11) is 0. The minimum atomic E-state index is 0.207. The van der Waals surface area contributed by atoms with E-state index in [0.29, 0.717) is 17.0 Å². The summed E-state index contributed by atoms with van der Waals surface area (Å²) in [6.07, 6.45) is 1.67. The van der Waals surface area contributed by atoms with Crippen molar-refractivity contribution in [2.75, 3.05) is 0 Å². The number of phenolic OH excluding ortho intramolecular Hbond substituents is 1. The van der Waals surface area contributed by atoms with Gasteiger partial charge in [-0.2, -0.15) is 0 Å². The summed E-state index contributed by atoms with van der Waals surface area (Å²) in [4.78, 5) is 9.27. The first-order valence-corrected chi connectivity index (χ1v) is 11.1. The van der Waals surface area contributed by atoms with E-state index in [9.17, 15) is 5.11 Å². The summed E-state index contributed by atoms with van der Waals surface area (Å²) < 4.78 is 6.00. The number of rotatable bonds is 4. The van der Waals surface area contributed by atoms with Gasteiger partial charge in [0.2, 0.25) is 5.89 Å². The van der Waals surface area contributed by atoms with Crippen molar-refractivity contribution in [3.63, 3.8) is 0 Å². The summed E-state index contributed by atoms with van der Waals surface area (Å²) in [5.74, 6) is 0.786. The Labute approximate surface area is 196 Å². The van der Waals surface area contributed by atoms with Gasteiger partial charge in [0.15, 0.2) is 5.58 Å². The van der Waals surface area contributed by atoms with Gasteiger partial charge in [-0.15, -0.1) is 0 Å². The van der Waals surface area contributed by atoms with Crippen molar-refractivity contribution in [2.45, 2.75) is 0 Å². The highest BCUT2D eigenvalue weighted by molar-refractivity contribution is 5.91. The highest BCUT2D eigenvalue weighted by Gasteiger charge is 2.10. The molecule has 0 fully saturated rings. The van der Waals surface area contributed by atoms with Crippen molar-refractivity contribution in [2.24, 2.45) is 4.99 Å². The molecule has 34 heavy (non-hydrogen) atoms. The molecule has 0 bridgehead atoms. The number of fused-ring (bicyclic) bond motifs is 2. The molecule has 0 atom stereocenters. The van der Waals surface area contributed by atoms with E-state index in [0.717, 1.165) is 33.3 Å². The maximum Gasteiger partial charge on any atom is 0.227 e.